The lowest BCUT2D eigenvalue weighted by Gasteiger charge is -2.44. The standard InChI is InChI=1S/C31H37F3N8O3/c1-35-38-31(45-20-30(33)34)23-5-6-24(37-15-23)17-39(2)28-12-26(32)27(13-29(28)42(21-43)25-18-44-19-25)41-10-8-40(9-11-41)16-22-4-3-7-36-14-22/h3-7,13-15,21,25,28,30H,1,8-12,16-20H2,2H3/b38-31-. The number of nitrogens with zero attached hydrogens (tertiary/aromatic N) is 8. The molecule has 2 aromatic heterocycles. The number of alkyl halides is 2. The van der Waals surface area contributed by atoms with E-state index < -0.39 is 19.1 Å². The topological polar surface area (TPSA) is 99.0 Å². The highest BCUT2D eigenvalue weighted by Crippen LogP contribution is 2.34. The van der Waals surface area contributed by atoms with E-state index in [2.05, 4.69) is 36.7 Å². The predicted octanol–water partition coefficient (Wildman–Crippen LogP) is 3.06. The minimum atomic E-state index is -2.67. The van der Waals surface area contributed by atoms with E-state index in [1.165, 1.54) is 6.20 Å². The molecule has 240 valence electrons. The first-order chi connectivity index (χ1) is 21.9. The van der Waals surface area contributed by atoms with Gasteiger partial charge in [-0.25, -0.2) is 13.2 Å². The molecule has 3 aliphatic rings. The van der Waals surface area contributed by atoms with Gasteiger partial charge in [-0.2, -0.15) is 5.10 Å². The number of hydrogen-bond acceptors (Lipinski definition) is 10. The van der Waals surface area contributed by atoms with Crippen LogP contribution in [0.2, 0.25) is 0 Å². The summed E-state index contributed by atoms with van der Waals surface area (Å²) >= 11 is 0. The Labute approximate surface area is 260 Å². The molecular weight excluding hydrogens is 589 g/mol. The number of allylic oxidation sites excluding steroid dienone is 1. The molecule has 1 aliphatic carbocycles. The number of likely N-dealkylation sites (N-methyl/N-ethyl adjacent to an activating group) is 1. The van der Waals surface area contributed by atoms with E-state index in [-0.39, 0.29) is 24.2 Å². The fraction of sp³-hybridized carbons (Fsp3) is 0.452. The van der Waals surface area contributed by atoms with Crippen LogP contribution in [0.4, 0.5) is 13.2 Å². The van der Waals surface area contributed by atoms with Crippen LogP contribution >= 0.6 is 0 Å². The monoisotopic (exact) mass is 626 g/mol. The molecule has 45 heavy (non-hydrogen) atoms. The third kappa shape index (κ3) is 8.12. The average molecular weight is 627 g/mol. The number of carbonyl (C=O) groups is 1. The van der Waals surface area contributed by atoms with Crippen LogP contribution in [0.3, 0.4) is 0 Å². The maximum absolute atomic E-state index is 15.9. The van der Waals surface area contributed by atoms with Crippen molar-refractivity contribution in [2.45, 2.75) is 38.0 Å². The van der Waals surface area contributed by atoms with Crippen LogP contribution in [-0.2, 0) is 27.4 Å². The van der Waals surface area contributed by atoms with Crippen LogP contribution in [-0.4, -0.2) is 120 Å². The van der Waals surface area contributed by atoms with Gasteiger partial charge in [0, 0.05) is 76.7 Å². The molecule has 2 aromatic rings. The molecule has 0 N–H and O–H groups in total. The van der Waals surface area contributed by atoms with Crippen molar-refractivity contribution in [2.75, 3.05) is 53.0 Å². The second-order valence-electron chi connectivity index (χ2n) is 11.1. The maximum Gasteiger partial charge on any atom is 0.272 e. The Hall–Kier alpha value is -4.14. The molecule has 1 unspecified atom stereocenters. The van der Waals surface area contributed by atoms with Crippen LogP contribution in [0.5, 0.6) is 0 Å². The van der Waals surface area contributed by atoms with Gasteiger partial charge in [0.2, 0.25) is 12.3 Å². The SMILES string of the molecule is C=N/N=C(\OCC(F)F)c1ccc(CN(C)C2CC(F)=C(N3CCN(Cc4cccnc4)CC3)C=C2N(C=O)C2COC2)nc1. The molecule has 0 spiro atoms. The van der Waals surface area contributed by atoms with Gasteiger partial charge in [0.15, 0.2) is 6.61 Å². The molecule has 2 saturated heterocycles. The quantitative estimate of drug-likeness (QED) is 0.145. The summed E-state index contributed by atoms with van der Waals surface area (Å²) in [7, 11) is 1.85. The van der Waals surface area contributed by atoms with Gasteiger partial charge in [-0.3, -0.25) is 24.6 Å². The first-order valence-electron chi connectivity index (χ1n) is 14.7. The molecule has 11 nitrogen and oxygen atoms in total. The van der Waals surface area contributed by atoms with Crippen molar-refractivity contribution in [1.29, 1.82) is 0 Å². The lowest BCUT2D eigenvalue weighted by atomic mass is 9.96. The van der Waals surface area contributed by atoms with Gasteiger partial charge in [-0.1, -0.05) is 6.07 Å². The number of pyridine rings is 2. The van der Waals surface area contributed by atoms with Crippen molar-refractivity contribution >= 4 is 19.0 Å². The van der Waals surface area contributed by atoms with Crippen LogP contribution in [0.25, 0.3) is 0 Å². The van der Waals surface area contributed by atoms with Gasteiger partial charge >= 0.3 is 0 Å². The van der Waals surface area contributed by atoms with Crippen LogP contribution in [0, 0.1) is 0 Å². The van der Waals surface area contributed by atoms with Gasteiger partial charge in [0.05, 0.1) is 42.3 Å². The lowest BCUT2D eigenvalue weighted by molar-refractivity contribution is -0.128. The summed E-state index contributed by atoms with van der Waals surface area (Å²) in [5, 5.41) is 7.07. The summed E-state index contributed by atoms with van der Waals surface area (Å²) in [5.41, 5.74) is 3.36. The summed E-state index contributed by atoms with van der Waals surface area (Å²) in [6, 6.07) is 6.76. The van der Waals surface area contributed by atoms with Crippen molar-refractivity contribution in [2.24, 2.45) is 10.2 Å². The van der Waals surface area contributed by atoms with Gasteiger partial charge in [-0.15, -0.1) is 5.10 Å². The molecule has 1 atom stereocenters. The molecule has 2 aliphatic heterocycles. The van der Waals surface area contributed by atoms with E-state index in [0.717, 1.165) is 31.6 Å². The molecule has 1 amide bonds. The molecule has 0 aromatic carbocycles. The number of ether oxygens (including phenoxy) is 2. The van der Waals surface area contributed by atoms with Gasteiger partial charge in [0.25, 0.3) is 6.43 Å². The fourth-order valence-electron chi connectivity index (χ4n) is 5.61. The highest BCUT2D eigenvalue weighted by atomic mass is 19.3. The molecule has 14 heteroatoms. The molecule has 0 bridgehead atoms. The minimum absolute atomic E-state index is 0.0901. The van der Waals surface area contributed by atoms with Crippen molar-refractivity contribution < 1.29 is 27.4 Å². The first kappa shape index (κ1) is 32.3. The van der Waals surface area contributed by atoms with E-state index in [9.17, 15) is 13.6 Å². The third-order valence-electron chi connectivity index (χ3n) is 8.07. The Morgan fingerprint density at radius 3 is 2.62 bits per heavy atom. The zero-order valence-electron chi connectivity index (χ0n) is 25.1. The summed E-state index contributed by atoms with van der Waals surface area (Å²) < 4.78 is 51.6. The lowest BCUT2D eigenvalue weighted by Crippen LogP contribution is -2.53. The Balaban J connectivity index is 1.29. The largest absolute Gasteiger partial charge is 0.470 e. The number of carbonyl (C=O) groups excluding carboxylic acids is 1. The van der Waals surface area contributed by atoms with Crippen LogP contribution in [0.1, 0.15) is 23.2 Å². The van der Waals surface area contributed by atoms with Crippen molar-refractivity contribution in [3.05, 3.63) is 83.0 Å². The van der Waals surface area contributed by atoms with Gasteiger partial charge in [0.1, 0.15) is 5.83 Å². The zero-order chi connectivity index (χ0) is 31.8. The number of aromatic nitrogens is 2. The first-order valence-corrected chi connectivity index (χ1v) is 14.7. The van der Waals surface area contributed by atoms with Crippen LogP contribution in [0.15, 0.2) is 76.4 Å². The molecule has 0 saturated carbocycles. The van der Waals surface area contributed by atoms with Crippen molar-refractivity contribution in [3.63, 3.8) is 0 Å². The fourth-order valence-corrected chi connectivity index (χ4v) is 5.61. The van der Waals surface area contributed by atoms with Crippen molar-refractivity contribution in [1.82, 2.24) is 29.6 Å². The Bertz CT molecular complexity index is 1390. The normalized spacial score (nSPS) is 19.9. The van der Waals surface area contributed by atoms with Crippen molar-refractivity contribution in [3.8, 4) is 0 Å². The number of hydrogen-bond donors (Lipinski definition) is 0. The van der Waals surface area contributed by atoms with E-state index in [1.54, 1.807) is 23.2 Å². The second-order valence-corrected chi connectivity index (χ2v) is 11.1. The average Bonchev–Trinajstić information content (AvgIpc) is 3.02. The Kier molecular flexibility index (Phi) is 10.9. The van der Waals surface area contributed by atoms with Gasteiger partial charge < -0.3 is 19.3 Å². The number of amides is 1. The number of rotatable bonds is 13. The molecule has 4 heterocycles. The summed E-state index contributed by atoms with van der Waals surface area (Å²) in [5.74, 6) is -0.346. The maximum atomic E-state index is 15.9. The number of piperazine rings is 1. The van der Waals surface area contributed by atoms with E-state index in [1.807, 2.05) is 36.4 Å². The summed E-state index contributed by atoms with van der Waals surface area (Å²) in [6.45, 7) is 7.24. The molecule has 0 radical (unpaired) electrons. The predicted molar refractivity (Wildman–Crippen MR) is 162 cm³/mol. The Morgan fingerprint density at radius 2 is 2.02 bits per heavy atom. The van der Waals surface area contributed by atoms with Gasteiger partial charge in [-0.05, 0) is 36.9 Å². The van der Waals surface area contributed by atoms with E-state index in [4.69, 9.17) is 9.47 Å². The highest BCUT2D eigenvalue weighted by Gasteiger charge is 2.37. The second kappa shape index (κ2) is 15.2. The van der Waals surface area contributed by atoms with E-state index in [0.29, 0.717) is 55.5 Å². The Morgan fingerprint density at radius 1 is 1.22 bits per heavy atom. The summed E-state index contributed by atoms with van der Waals surface area (Å²) in [4.78, 5) is 29.0. The minimum Gasteiger partial charge on any atom is -0.470 e. The molecular formula is C31H37F3N8O3. The smallest absolute Gasteiger partial charge is 0.272 e. The third-order valence-corrected chi connectivity index (χ3v) is 8.07. The van der Waals surface area contributed by atoms with Crippen LogP contribution < -0.4 is 0 Å². The zero-order valence-corrected chi connectivity index (χ0v) is 25.1. The summed E-state index contributed by atoms with van der Waals surface area (Å²) in [6.07, 6.45) is 5.09. The van der Waals surface area contributed by atoms with E-state index >= 15 is 4.39 Å². The molecule has 5 rings (SSSR count). The highest BCUT2D eigenvalue weighted by molar-refractivity contribution is 5.93. The molecule has 2 fully saturated rings. The number of halogens is 3.